The number of nitrogens with zero attached hydrogens (tertiary/aromatic N) is 3. The van der Waals surface area contributed by atoms with Crippen LogP contribution in [0.5, 0.6) is 5.75 Å². The lowest BCUT2D eigenvalue weighted by atomic mass is 10.2. The lowest BCUT2D eigenvalue weighted by molar-refractivity contribution is 0.0469. The van der Waals surface area contributed by atoms with Crippen molar-refractivity contribution in [2.75, 3.05) is 5.43 Å². The second kappa shape index (κ2) is 7.97. The Hall–Kier alpha value is -3.84. The second-order valence-corrected chi connectivity index (χ2v) is 4.59. The van der Waals surface area contributed by atoms with Crippen LogP contribution in [0.15, 0.2) is 53.6 Å². The van der Waals surface area contributed by atoms with E-state index in [1.54, 1.807) is 12.1 Å². The Balaban J connectivity index is 2.04. The number of benzene rings is 2. The van der Waals surface area contributed by atoms with Crippen LogP contribution in [-0.4, -0.2) is 16.8 Å². The highest BCUT2D eigenvalue weighted by molar-refractivity contribution is 6.10. The van der Waals surface area contributed by atoms with E-state index in [-0.39, 0.29) is 23.6 Å². The predicted octanol–water partition coefficient (Wildman–Crippen LogP) is 2.56. The summed E-state index contributed by atoms with van der Waals surface area (Å²) in [6.45, 7) is 0.0944. The molecule has 0 unspecified atom stereocenters. The molecule has 7 heteroatoms. The van der Waals surface area contributed by atoms with Crippen molar-refractivity contribution in [3.63, 3.8) is 0 Å². The lowest BCUT2D eigenvalue weighted by Crippen LogP contribution is -2.06. The van der Waals surface area contributed by atoms with Gasteiger partial charge in [0.15, 0.2) is 0 Å². The molecule has 118 valence electrons. The lowest BCUT2D eigenvalue weighted by Gasteiger charge is -2.08. The second-order valence-electron chi connectivity index (χ2n) is 4.59. The van der Waals surface area contributed by atoms with E-state index in [1.165, 1.54) is 18.2 Å². The zero-order valence-electron chi connectivity index (χ0n) is 12.4. The maximum absolute atomic E-state index is 12.0. The monoisotopic (exact) mass is 320 g/mol. The topological polar surface area (TPSA) is 118 Å². The number of rotatable bonds is 5. The van der Waals surface area contributed by atoms with E-state index in [2.05, 4.69) is 10.5 Å². The summed E-state index contributed by atoms with van der Waals surface area (Å²) in [5.74, 6) is -0.968. The van der Waals surface area contributed by atoms with Crippen LogP contribution in [0.1, 0.15) is 15.9 Å². The number of anilines is 1. The highest BCUT2D eigenvalue weighted by Gasteiger charge is 2.13. The van der Waals surface area contributed by atoms with Crippen molar-refractivity contribution in [1.29, 1.82) is 10.5 Å². The van der Waals surface area contributed by atoms with Gasteiger partial charge in [0.2, 0.25) is 5.71 Å². The highest BCUT2D eigenvalue weighted by atomic mass is 16.5. The molecule has 0 aliphatic heterocycles. The smallest absolute Gasteiger partial charge is 0.342 e. The summed E-state index contributed by atoms with van der Waals surface area (Å²) in [5.41, 5.74) is 3.23. The molecule has 0 spiro atoms. The number of hydrogen-bond acceptors (Lipinski definition) is 7. The predicted molar refractivity (Wildman–Crippen MR) is 86.0 cm³/mol. The molecule has 0 saturated carbocycles. The molecule has 0 heterocycles. The first-order valence-electron chi connectivity index (χ1n) is 6.82. The number of carbonyl (C=O) groups excluding carboxylic acids is 1. The first kappa shape index (κ1) is 16.5. The fourth-order valence-corrected chi connectivity index (χ4v) is 1.77. The fraction of sp³-hybridized carbons (Fsp3) is 0.0588. The molecule has 0 amide bonds. The van der Waals surface area contributed by atoms with E-state index >= 15 is 0 Å². The Morgan fingerprint density at radius 2 is 1.88 bits per heavy atom. The first-order chi connectivity index (χ1) is 11.6. The van der Waals surface area contributed by atoms with Crippen LogP contribution < -0.4 is 5.43 Å². The molecule has 2 aromatic rings. The van der Waals surface area contributed by atoms with Gasteiger partial charge >= 0.3 is 5.97 Å². The Morgan fingerprint density at radius 3 is 2.50 bits per heavy atom. The minimum Gasteiger partial charge on any atom is -0.507 e. The first-order valence-corrected chi connectivity index (χ1v) is 6.82. The molecule has 0 aromatic heterocycles. The summed E-state index contributed by atoms with van der Waals surface area (Å²) in [4.78, 5) is 12.0. The average molecular weight is 320 g/mol. The van der Waals surface area contributed by atoms with E-state index in [0.29, 0.717) is 5.69 Å². The van der Waals surface area contributed by atoms with Crippen molar-refractivity contribution in [2.24, 2.45) is 5.10 Å². The van der Waals surface area contributed by atoms with Crippen LogP contribution in [0.4, 0.5) is 5.69 Å². The van der Waals surface area contributed by atoms with E-state index in [1.807, 2.05) is 30.3 Å². The van der Waals surface area contributed by atoms with Crippen molar-refractivity contribution in [2.45, 2.75) is 6.61 Å². The Labute approximate surface area is 138 Å². The molecule has 0 aliphatic carbocycles. The third-order valence-corrected chi connectivity index (χ3v) is 2.94. The van der Waals surface area contributed by atoms with E-state index in [4.69, 9.17) is 15.3 Å². The van der Waals surface area contributed by atoms with Gasteiger partial charge < -0.3 is 9.84 Å². The van der Waals surface area contributed by atoms with Crippen molar-refractivity contribution in [3.05, 3.63) is 59.7 Å². The molecule has 0 fully saturated rings. The Kier molecular flexibility index (Phi) is 5.49. The minimum absolute atomic E-state index is 0.00116. The molecular weight excluding hydrogens is 308 g/mol. The third-order valence-electron chi connectivity index (χ3n) is 2.94. The quantitative estimate of drug-likeness (QED) is 0.496. The van der Waals surface area contributed by atoms with Crippen LogP contribution >= 0.6 is 0 Å². The number of phenolic OH excluding ortho intramolecular Hbond substituents is 1. The van der Waals surface area contributed by atoms with E-state index < -0.39 is 5.97 Å². The molecule has 2 rings (SSSR count). The summed E-state index contributed by atoms with van der Waals surface area (Å²) in [5, 5.41) is 30.6. The number of nitrogens with one attached hydrogen (secondary N) is 1. The molecule has 0 saturated heterocycles. The number of esters is 1. The third kappa shape index (κ3) is 4.33. The molecular formula is C17H12N4O3. The molecule has 7 nitrogen and oxygen atoms in total. The molecule has 0 radical (unpaired) electrons. The van der Waals surface area contributed by atoms with Crippen molar-refractivity contribution >= 4 is 17.4 Å². The standard InChI is InChI=1S/C17H12N4O3/c18-9-14(10-19)21-20-13-6-7-15(16(22)8-13)17(23)24-11-12-4-2-1-3-5-12/h1-8,20,22H,11H2. The van der Waals surface area contributed by atoms with Gasteiger partial charge in [-0.15, -0.1) is 0 Å². The van der Waals surface area contributed by atoms with Crippen LogP contribution in [0, 0.1) is 22.7 Å². The van der Waals surface area contributed by atoms with E-state index in [9.17, 15) is 9.90 Å². The van der Waals surface area contributed by atoms with Gasteiger partial charge in [0, 0.05) is 6.07 Å². The molecule has 2 aromatic carbocycles. The van der Waals surface area contributed by atoms with Crippen molar-refractivity contribution in [3.8, 4) is 17.9 Å². The van der Waals surface area contributed by atoms with Crippen LogP contribution in [-0.2, 0) is 11.3 Å². The number of hydrogen-bond donors (Lipinski definition) is 2. The zero-order valence-corrected chi connectivity index (χ0v) is 12.4. The van der Waals surface area contributed by atoms with Gasteiger partial charge in [-0.25, -0.2) is 4.79 Å². The van der Waals surface area contributed by atoms with Gasteiger partial charge in [0.1, 0.15) is 30.1 Å². The largest absolute Gasteiger partial charge is 0.507 e. The molecule has 0 bridgehead atoms. The number of aromatic hydroxyl groups is 1. The number of hydrazone groups is 1. The van der Waals surface area contributed by atoms with Gasteiger partial charge in [-0.05, 0) is 17.7 Å². The normalized spacial score (nSPS) is 9.25. The zero-order chi connectivity index (χ0) is 17.4. The molecule has 0 aliphatic rings. The van der Waals surface area contributed by atoms with Crippen LogP contribution in [0.2, 0.25) is 0 Å². The minimum atomic E-state index is -0.666. The maximum Gasteiger partial charge on any atom is 0.342 e. The van der Waals surface area contributed by atoms with Gasteiger partial charge in [0.25, 0.3) is 0 Å². The van der Waals surface area contributed by atoms with Gasteiger partial charge in [-0.3, -0.25) is 5.43 Å². The highest BCUT2D eigenvalue weighted by Crippen LogP contribution is 2.23. The summed E-state index contributed by atoms with van der Waals surface area (Å²) in [6.07, 6.45) is 0. The number of nitriles is 2. The average Bonchev–Trinajstić information content (AvgIpc) is 2.61. The number of carbonyl (C=O) groups is 1. The van der Waals surface area contributed by atoms with Gasteiger partial charge in [0.05, 0.1) is 5.69 Å². The van der Waals surface area contributed by atoms with Crippen molar-refractivity contribution < 1.29 is 14.6 Å². The summed E-state index contributed by atoms with van der Waals surface area (Å²) >= 11 is 0. The van der Waals surface area contributed by atoms with E-state index in [0.717, 1.165) is 5.56 Å². The Bertz CT molecular complexity index is 832. The number of phenols is 1. The van der Waals surface area contributed by atoms with Crippen molar-refractivity contribution in [1.82, 2.24) is 0 Å². The molecule has 0 atom stereocenters. The summed E-state index contributed by atoms with van der Waals surface area (Å²) in [7, 11) is 0. The number of ether oxygens (including phenoxy) is 1. The summed E-state index contributed by atoms with van der Waals surface area (Å²) in [6, 6.07) is 16.4. The maximum atomic E-state index is 12.0. The molecule has 24 heavy (non-hydrogen) atoms. The van der Waals surface area contributed by atoms with Crippen LogP contribution in [0.25, 0.3) is 0 Å². The van der Waals surface area contributed by atoms with Crippen LogP contribution in [0.3, 0.4) is 0 Å². The Morgan fingerprint density at radius 1 is 1.17 bits per heavy atom. The fourth-order valence-electron chi connectivity index (χ4n) is 1.77. The van der Waals surface area contributed by atoms with Gasteiger partial charge in [-0.1, -0.05) is 30.3 Å². The SMILES string of the molecule is N#CC(C#N)=NNc1ccc(C(=O)OCc2ccccc2)c(O)c1. The van der Waals surface area contributed by atoms with Gasteiger partial charge in [-0.2, -0.15) is 15.6 Å². The summed E-state index contributed by atoms with van der Waals surface area (Å²) < 4.78 is 5.13. The molecule has 2 N–H and O–H groups in total.